The predicted octanol–water partition coefficient (Wildman–Crippen LogP) is 6.84. The summed E-state index contributed by atoms with van der Waals surface area (Å²) in [6.07, 6.45) is 0.252. The molecule has 5 nitrogen and oxygen atoms in total. The zero-order chi connectivity index (χ0) is 26.9. The summed E-state index contributed by atoms with van der Waals surface area (Å²) in [5.74, 6) is 0.296. The van der Waals surface area contributed by atoms with Crippen LogP contribution < -0.4 is 10.1 Å². The second-order valence-electron chi connectivity index (χ2n) is 9.70. The van der Waals surface area contributed by atoms with Crippen LogP contribution in [0.2, 0.25) is 0 Å². The third kappa shape index (κ3) is 6.88. The van der Waals surface area contributed by atoms with E-state index in [9.17, 15) is 14.7 Å². The molecule has 0 saturated carbocycles. The molecule has 0 aliphatic rings. The Morgan fingerprint density at radius 3 is 2.03 bits per heavy atom. The molecule has 0 spiro atoms. The molecular formula is C33H33NO4. The highest BCUT2D eigenvalue weighted by molar-refractivity contribution is 6.12. The fourth-order valence-corrected chi connectivity index (χ4v) is 4.46. The van der Waals surface area contributed by atoms with E-state index in [4.69, 9.17) is 4.74 Å². The normalized spacial score (nSPS) is 12.5. The van der Waals surface area contributed by atoms with Crippen molar-refractivity contribution in [2.45, 2.75) is 32.2 Å². The maximum atomic E-state index is 13.1. The van der Waals surface area contributed by atoms with Crippen LogP contribution in [0.15, 0.2) is 109 Å². The Labute approximate surface area is 224 Å². The van der Waals surface area contributed by atoms with Gasteiger partial charge in [-0.3, -0.25) is 4.79 Å². The maximum Gasteiger partial charge on any atom is 0.326 e. The summed E-state index contributed by atoms with van der Waals surface area (Å²) in [6, 6.07) is 33.0. The van der Waals surface area contributed by atoms with Crippen molar-refractivity contribution in [3.05, 3.63) is 131 Å². The third-order valence-corrected chi connectivity index (χ3v) is 6.66. The summed E-state index contributed by atoms with van der Waals surface area (Å²) in [5.41, 5.74) is 3.59. The Hall–Kier alpha value is -4.38. The van der Waals surface area contributed by atoms with Crippen LogP contribution in [-0.2, 0) is 11.2 Å². The number of anilines is 1. The van der Waals surface area contributed by atoms with Gasteiger partial charge in [0.15, 0.2) is 5.78 Å². The average Bonchev–Trinajstić information content (AvgIpc) is 2.94. The first-order valence-corrected chi connectivity index (χ1v) is 12.9. The fourth-order valence-electron chi connectivity index (χ4n) is 4.46. The molecule has 0 saturated heterocycles. The van der Waals surface area contributed by atoms with E-state index in [2.05, 4.69) is 31.3 Å². The lowest BCUT2D eigenvalue weighted by Gasteiger charge is -2.22. The van der Waals surface area contributed by atoms with E-state index in [1.807, 2.05) is 48.5 Å². The number of ether oxygens (including phenoxy) is 1. The van der Waals surface area contributed by atoms with Gasteiger partial charge in [0, 0.05) is 29.2 Å². The van der Waals surface area contributed by atoms with Crippen molar-refractivity contribution in [2.75, 3.05) is 11.9 Å². The van der Waals surface area contributed by atoms with E-state index in [1.165, 1.54) is 5.56 Å². The molecule has 4 aromatic rings. The summed E-state index contributed by atoms with van der Waals surface area (Å²) >= 11 is 0. The number of benzene rings is 4. The van der Waals surface area contributed by atoms with Crippen LogP contribution in [-0.4, -0.2) is 29.5 Å². The van der Waals surface area contributed by atoms with Crippen LogP contribution in [0.4, 0.5) is 5.69 Å². The van der Waals surface area contributed by atoms with E-state index >= 15 is 0 Å². The quantitative estimate of drug-likeness (QED) is 0.205. The van der Waals surface area contributed by atoms with Crippen molar-refractivity contribution in [1.82, 2.24) is 0 Å². The van der Waals surface area contributed by atoms with Gasteiger partial charge >= 0.3 is 5.97 Å². The lowest BCUT2D eigenvalue weighted by atomic mass is 9.89. The fraction of sp³-hybridized carbons (Fsp3) is 0.212. The number of carbonyl (C=O) groups is 2. The molecule has 0 amide bonds. The van der Waals surface area contributed by atoms with Gasteiger partial charge < -0.3 is 15.2 Å². The number of carboxylic acid groups (broad SMARTS) is 1. The van der Waals surface area contributed by atoms with Gasteiger partial charge in [0.2, 0.25) is 0 Å². The lowest BCUT2D eigenvalue weighted by molar-refractivity contribution is -0.137. The van der Waals surface area contributed by atoms with Gasteiger partial charge in [0.1, 0.15) is 11.8 Å². The van der Waals surface area contributed by atoms with Crippen LogP contribution in [0.5, 0.6) is 5.75 Å². The first kappa shape index (κ1) is 26.7. The van der Waals surface area contributed by atoms with Crippen molar-refractivity contribution in [1.29, 1.82) is 0 Å². The van der Waals surface area contributed by atoms with Gasteiger partial charge in [-0.05, 0) is 41.3 Å². The Bertz CT molecular complexity index is 1330. The van der Waals surface area contributed by atoms with E-state index < -0.39 is 12.0 Å². The Morgan fingerprint density at radius 1 is 0.789 bits per heavy atom. The van der Waals surface area contributed by atoms with Gasteiger partial charge in [0.25, 0.3) is 0 Å². The zero-order valence-corrected chi connectivity index (χ0v) is 21.7. The Balaban J connectivity index is 1.43. The molecule has 194 valence electrons. The van der Waals surface area contributed by atoms with Crippen molar-refractivity contribution >= 4 is 17.4 Å². The molecule has 0 fully saturated rings. The predicted molar refractivity (Wildman–Crippen MR) is 151 cm³/mol. The molecule has 0 heterocycles. The number of nitrogens with one attached hydrogen (secondary N) is 1. The van der Waals surface area contributed by atoms with Gasteiger partial charge in [-0.2, -0.15) is 0 Å². The summed E-state index contributed by atoms with van der Waals surface area (Å²) in [6.45, 7) is 4.94. The number of rotatable bonds is 12. The largest absolute Gasteiger partial charge is 0.493 e. The number of carbonyl (C=O) groups excluding carboxylic acids is 1. The summed E-state index contributed by atoms with van der Waals surface area (Å²) in [4.78, 5) is 25.2. The standard InChI is InChI=1S/C33H33NO4/c1-23(2)29(25-11-5-3-6-12-25)22-38-27-19-17-24(18-20-27)21-31(33(36)37)34-30-16-10-9-15-28(30)32(35)26-13-7-4-8-14-26/h3-20,23,29,31,34H,21-22H2,1-2H3,(H,36,37)/t29?,31-/m0/s1. The molecule has 0 aliphatic heterocycles. The molecule has 0 aromatic heterocycles. The second-order valence-corrected chi connectivity index (χ2v) is 9.70. The molecule has 4 aromatic carbocycles. The van der Waals surface area contributed by atoms with Gasteiger partial charge in [-0.15, -0.1) is 0 Å². The van der Waals surface area contributed by atoms with E-state index in [0.29, 0.717) is 29.3 Å². The van der Waals surface area contributed by atoms with E-state index in [-0.39, 0.29) is 18.1 Å². The van der Waals surface area contributed by atoms with Gasteiger partial charge in [0.05, 0.1) is 6.61 Å². The number of para-hydroxylation sites is 1. The molecule has 2 N–H and O–H groups in total. The van der Waals surface area contributed by atoms with Crippen molar-refractivity contribution in [2.24, 2.45) is 5.92 Å². The summed E-state index contributed by atoms with van der Waals surface area (Å²) < 4.78 is 6.10. The number of carboxylic acids is 1. The maximum absolute atomic E-state index is 13.1. The van der Waals surface area contributed by atoms with Crippen LogP contribution in [0.3, 0.4) is 0 Å². The van der Waals surface area contributed by atoms with Crippen LogP contribution in [0.25, 0.3) is 0 Å². The summed E-state index contributed by atoms with van der Waals surface area (Å²) in [5, 5.41) is 13.0. The zero-order valence-electron chi connectivity index (χ0n) is 21.7. The number of hydrogen-bond acceptors (Lipinski definition) is 4. The minimum Gasteiger partial charge on any atom is -0.493 e. The molecule has 2 atom stereocenters. The molecule has 0 aliphatic carbocycles. The average molecular weight is 508 g/mol. The SMILES string of the molecule is CC(C)C(COc1ccc(C[C@H](Nc2ccccc2C(=O)c2ccccc2)C(=O)O)cc1)c1ccccc1. The first-order chi connectivity index (χ1) is 18.4. The van der Waals surface area contributed by atoms with Crippen LogP contribution >= 0.6 is 0 Å². The molecule has 1 unspecified atom stereocenters. The van der Waals surface area contributed by atoms with Crippen molar-refractivity contribution in [3.8, 4) is 5.75 Å². The van der Waals surface area contributed by atoms with Crippen LogP contribution in [0, 0.1) is 5.92 Å². The van der Waals surface area contributed by atoms with Gasteiger partial charge in [-0.25, -0.2) is 4.79 Å². The third-order valence-electron chi connectivity index (χ3n) is 6.66. The molecular weight excluding hydrogens is 474 g/mol. The number of ketones is 1. The first-order valence-electron chi connectivity index (χ1n) is 12.9. The molecule has 38 heavy (non-hydrogen) atoms. The smallest absolute Gasteiger partial charge is 0.326 e. The topological polar surface area (TPSA) is 75.6 Å². The highest BCUT2D eigenvalue weighted by Crippen LogP contribution is 2.26. The molecule has 0 radical (unpaired) electrons. The highest BCUT2D eigenvalue weighted by atomic mass is 16.5. The minimum absolute atomic E-state index is 0.158. The van der Waals surface area contributed by atoms with E-state index in [0.717, 1.165) is 11.3 Å². The van der Waals surface area contributed by atoms with Crippen LogP contribution in [0.1, 0.15) is 46.8 Å². The second kappa shape index (κ2) is 12.7. The van der Waals surface area contributed by atoms with Crippen molar-refractivity contribution < 1.29 is 19.4 Å². The van der Waals surface area contributed by atoms with Crippen molar-refractivity contribution in [3.63, 3.8) is 0 Å². The minimum atomic E-state index is -0.991. The van der Waals surface area contributed by atoms with Gasteiger partial charge in [-0.1, -0.05) is 98.8 Å². The lowest BCUT2D eigenvalue weighted by Crippen LogP contribution is -2.32. The Morgan fingerprint density at radius 2 is 1.39 bits per heavy atom. The monoisotopic (exact) mass is 507 g/mol. The number of hydrogen-bond donors (Lipinski definition) is 2. The molecule has 0 bridgehead atoms. The Kier molecular flexibility index (Phi) is 8.94. The molecule has 4 rings (SSSR count). The summed E-state index contributed by atoms with van der Waals surface area (Å²) in [7, 11) is 0. The number of aliphatic carboxylic acids is 1. The molecule has 5 heteroatoms. The van der Waals surface area contributed by atoms with E-state index in [1.54, 1.807) is 48.5 Å². The highest BCUT2D eigenvalue weighted by Gasteiger charge is 2.22.